The minimum absolute atomic E-state index is 0.113. The SMILES string of the molecule is C=C/C=C(C)/C(C)=C1\CN(C(C)=O)CCN1C(=C)NCCC. The summed E-state index contributed by atoms with van der Waals surface area (Å²) in [7, 11) is 0. The molecule has 0 aromatic rings. The average Bonchev–Trinajstić information content (AvgIpc) is 2.51. The lowest BCUT2D eigenvalue weighted by Crippen LogP contribution is -2.48. The van der Waals surface area contributed by atoms with Crippen molar-refractivity contribution in [2.24, 2.45) is 0 Å². The van der Waals surface area contributed by atoms with Gasteiger partial charge in [-0.25, -0.2) is 0 Å². The summed E-state index contributed by atoms with van der Waals surface area (Å²) < 4.78 is 0. The maximum atomic E-state index is 11.7. The van der Waals surface area contributed by atoms with Crippen molar-refractivity contribution >= 4 is 5.91 Å². The number of amides is 1. The largest absolute Gasteiger partial charge is 0.372 e. The maximum absolute atomic E-state index is 11.7. The molecule has 1 amide bonds. The van der Waals surface area contributed by atoms with Gasteiger partial charge in [-0.05, 0) is 31.4 Å². The Morgan fingerprint density at radius 3 is 2.55 bits per heavy atom. The lowest BCUT2D eigenvalue weighted by Gasteiger charge is -2.40. The summed E-state index contributed by atoms with van der Waals surface area (Å²) in [5, 5.41) is 3.36. The molecule has 0 bridgehead atoms. The Kier molecular flexibility index (Phi) is 6.96. The second-order valence-corrected chi connectivity index (χ2v) is 5.62. The predicted octanol–water partition coefficient (Wildman–Crippen LogP) is 3.03. The van der Waals surface area contributed by atoms with Crippen LogP contribution in [0.3, 0.4) is 0 Å². The molecular weight excluding hydrogens is 274 g/mol. The molecular formula is C18H29N3O. The van der Waals surface area contributed by atoms with Crippen molar-refractivity contribution in [3.05, 3.63) is 48.0 Å². The van der Waals surface area contributed by atoms with E-state index < -0.39 is 0 Å². The van der Waals surface area contributed by atoms with Crippen molar-refractivity contribution in [2.45, 2.75) is 34.1 Å². The standard InChI is InChI=1S/C18H29N3O/c1-7-9-14(3)15(4)18-13-20(17(6)22)11-12-21(18)16(5)19-10-8-2/h7,9,19H,1,5,8,10-13H2,2-4,6H3/b14-9+,18-15+. The van der Waals surface area contributed by atoms with E-state index in [4.69, 9.17) is 0 Å². The third-order valence-electron chi connectivity index (χ3n) is 4.00. The minimum atomic E-state index is 0.113. The fraction of sp³-hybridized carbons (Fsp3) is 0.500. The number of hydrogen-bond acceptors (Lipinski definition) is 3. The summed E-state index contributed by atoms with van der Waals surface area (Å²) in [6, 6.07) is 0. The van der Waals surface area contributed by atoms with E-state index in [9.17, 15) is 4.79 Å². The van der Waals surface area contributed by atoms with Crippen LogP contribution < -0.4 is 5.32 Å². The molecule has 4 heteroatoms. The van der Waals surface area contributed by atoms with Crippen molar-refractivity contribution in [3.8, 4) is 0 Å². The third kappa shape index (κ3) is 4.52. The Labute approximate surface area is 134 Å². The van der Waals surface area contributed by atoms with Crippen LogP contribution in [-0.2, 0) is 4.79 Å². The molecule has 0 radical (unpaired) electrons. The van der Waals surface area contributed by atoms with Gasteiger partial charge in [-0.15, -0.1) is 0 Å². The number of piperazine rings is 1. The molecule has 1 aliphatic heterocycles. The van der Waals surface area contributed by atoms with Gasteiger partial charge in [0.15, 0.2) is 0 Å². The van der Waals surface area contributed by atoms with E-state index >= 15 is 0 Å². The molecule has 0 unspecified atom stereocenters. The highest BCUT2D eigenvalue weighted by atomic mass is 16.2. The molecule has 1 heterocycles. The van der Waals surface area contributed by atoms with Crippen LogP contribution in [0.4, 0.5) is 0 Å². The topological polar surface area (TPSA) is 35.6 Å². The summed E-state index contributed by atoms with van der Waals surface area (Å²) in [4.78, 5) is 15.8. The smallest absolute Gasteiger partial charge is 0.219 e. The van der Waals surface area contributed by atoms with Crippen LogP contribution in [0, 0.1) is 0 Å². The Morgan fingerprint density at radius 1 is 1.32 bits per heavy atom. The van der Waals surface area contributed by atoms with Gasteiger partial charge in [0.05, 0.1) is 12.4 Å². The zero-order valence-corrected chi connectivity index (χ0v) is 14.4. The Hall–Kier alpha value is -1.97. The van der Waals surface area contributed by atoms with Gasteiger partial charge in [0, 0.05) is 32.3 Å². The lowest BCUT2D eigenvalue weighted by molar-refractivity contribution is -0.129. The molecule has 122 valence electrons. The first-order valence-corrected chi connectivity index (χ1v) is 7.87. The molecule has 0 aliphatic carbocycles. The molecule has 1 saturated heterocycles. The molecule has 4 nitrogen and oxygen atoms in total. The number of nitrogens with one attached hydrogen (secondary N) is 1. The van der Waals surface area contributed by atoms with Gasteiger partial charge in [0.1, 0.15) is 0 Å². The van der Waals surface area contributed by atoms with Crippen molar-refractivity contribution < 1.29 is 4.79 Å². The molecule has 0 spiro atoms. The number of carbonyl (C=O) groups excluding carboxylic acids is 1. The summed E-state index contributed by atoms with van der Waals surface area (Å²) in [6.45, 7) is 18.9. The summed E-state index contributed by atoms with van der Waals surface area (Å²) >= 11 is 0. The molecule has 0 saturated carbocycles. The van der Waals surface area contributed by atoms with Crippen LogP contribution >= 0.6 is 0 Å². The highest BCUT2D eigenvalue weighted by Crippen LogP contribution is 2.24. The van der Waals surface area contributed by atoms with Crippen molar-refractivity contribution in [3.63, 3.8) is 0 Å². The first-order chi connectivity index (χ1) is 10.4. The van der Waals surface area contributed by atoms with E-state index in [1.54, 1.807) is 13.0 Å². The average molecular weight is 303 g/mol. The van der Waals surface area contributed by atoms with E-state index in [2.05, 4.69) is 44.1 Å². The molecule has 0 aromatic heterocycles. The molecule has 1 aliphatic rings. The minimum Gasteiger partial charge on any atom is -0.372 e. The Balaban J connectivity index is 3.11. The normalized spacial score (nSPS) is 18.1. The molecule has 1 fully saturated rings. The van der Waals surface area contributed by atoms with Gasteiger partial charge in [-0.1, -0.05) is 32.2 Å². The Bertz CT molecular complexity index is 502. The number of allylic oxidation sites excluding steroid dienone is 4. The van der Waals surface area contributed by atoms with Crippen LogP contribution in [0.15, 0.2) is 48.0 Å². The van der Waals surface area contributed by atoms with Gasteiger partial charge >= 0.3 is 0 Å². The second-order valence-electron chi connectivity index (χ2n) is 5.62. The van der Waals surface area contributed by atoms with E-state index in [1.165, 1.54) is 5.57 Å². The predicted molar refractivity (Wildman–Crippen MR) is 93.0 cm³/mol. The van der Waals surface area contributed by atoms with Gasteiger partial charge < -0.3 is 15.1 Å². The monoisotopic (exact) mass is 303 g/mol. The summed E-state index contributed by atoms with van der Waals surface area (Å²) in [5.74, 6) is 1.02. The maximum Gasteiger partial charge on any atom is 0.219 e. The fourth-order valence-corrected chi connectivity index (χ4v) is 2.48. The summed E-state index contributed by atoms with van der Waals surface area (Å²) in [6.07, 6.45) is 4.84. The quantitative estimate of drug-likeness (QED) is 0.766. The first-order valence-electron chi connectivity index (χ1n) is 7.87. The Morgan fingerprint density at radius 2 is 2.00 bits per heavy atom. The molecule has 22 heavy (non-hydrogen) atoms. The van der Waals surface area contributed by atoms with Gasteiger partial charge in [-0.3, -0.25) is 4.79 Å². The molecule has 0 aromatic carbocycles. The molecule has 0 atom stereocenters. The van der Waals surface area contributed by atoms with Crippen LogP contribution in [0.5, 0.6) is 0 Å². The van der Waals surface area contributed by atoms with Crippen LogP contribution in [-0.4, -0.2) is 41.9 Å². The van der Waals surface area contributed by atoms with Crippen molar-refractivity contribution in [1.82, 2.24) is 15.1 Å². The van der Waals surface area contributed by atoms with Gasteiger partial charge in [0.25, 0.3) is 0 Å². The van der Waals surface area contributed by atoms with E-state index in [1.807, 2.05) is 11.0 Å². The number of rotatable bonds is 6. The van der Waals surface area contributed by atoms with Crippen molar-refractivity contribution in [2.75, 3.05) is 26.2 Å². The second kappa shape index (κ2) is 8.47. The molecule has 1 N–H and O–H groups in total. The van der Waals surface area contributed by atoms with Crippen molar-refractivity contribution in [1.29, 1.82) is 0 Å². The number of nitrogens with zero attached hydrogens (tertiary/aromatic N) is 2. The van der Waals surface area contributed by atoms with Crippen LogP contribution in [0.2, 0.25) is 0 Å². The summed E-state index contributed by atoms with van der Waals surface area (Å²) in [5.41, 5.74) is 3.46. The van der Waals surface area contributed by atoms with Crippen LogP contribution in [0.25, 0.3) is 0 Å². The van der Waals surface area contributed by atoms with E-state index in [-0.39, 0.29) is 5.91 Å². The van der Waals surface area contributed by atoms with Gasteiger partial charge in [0.2, 0.25) is 5.91 Å². The fourth-order valence-electron chi connectivity index (χ4n) is 2.48. The van der Waals surface area contributed by atoms with Crippen LogP contribution in [0.1, 0.15) is 34.1 Å². The highest BCUT2D eigenvalue weighted by molar-refractivity contribution is 5.73. The first kappa shape index (κ1) is 18.1. The number of hydrogen-bond donors (Lipinski definition) is 1. The zero-order valence-electron chi connectivity index (χ0n) is 14.4. The highest BCUT2D eigenvalue weighted by Gasteiger charge is 2.25. The third-order valence-corrected chi connectivity index (χ3v) is 4.00. The zero-order chi connectivity index (χ0) is 16.7. The van der Waals surface area contributed by atoms with E-state index in [0.29, 0.717) is 6.54 Å². The van der Waals surface area contributed by atoms with E-state index in [0.717, 1.165) is 43.1 Å². The lowest BCUT2D eigenvalue weighted by atomic mass is 10.0. The molecule has 1 rings (SSSR count). The number of carbonyl (C=O) groups is 1. The van der Waals surface area contributed by atoms with Gasteiger partial charge in [-0.2, -0.15) is 0 Å².